The number of aryl methyl sites for hydroxylation is 1. The number of rotatable bonds is 5. The van der Waals surface area contributed by atoms with Gasteiger partial charge in [-0.2, -0.15) is 0 Å². The predicted molar refractivity (Wildman–Crippen MR) is 108 cm³/mol. The van der Waals surface area contributed by atoms with E-state index in [0.29, 0.717) is 11.7 Å². The van der Waals surface area contributed by atoms with Crippen molar-refractivity contribution in [1.82, 2.24) is 30.6 Å². The fourth-order valence-corrected chi connectivity index (χ4v) is 3.81. The van der Waals surface area contributed by atoms with Gasteiger partial charge in [-0.25, -0.2) is 9.67 Å². The van der Waals surface area contributed by atoms with Crippen LogP contribution < -0.4 is 10.6 Å². The number of halogens is 2. The fraction of sp³-hybridized carbons (Fsp3) is 0.625. The van der Waals surface area contributed by atoms with Gasteiger partial charge in [-0.1, -0.05) is 12.1 Å². The van der Waals surface area contributed by atoms with Crippen LogP contribution in [-0.4, -0.2) is 39.0 Å². The highest BCUT2D eigenvalue weighted by Crippen LogP contribution is 2.21. The smallest absolute Gasteiger partial charge is 0.274 e. The molecule has 26 heavy (non-hydrogen) atoms. The van der Waals surface area contributed by atoms with E-state index >= 15 is 0 Å². The van der Waals surface area contributed by atoms with Gasteiger partial charge in [0.05, 0.1) is 28.5 Å². The lowest BCUT2D eigenvalue weighted by Crippen LogP contribution is -2.31. The number of nitrogens with zero attached hydrogens (tertiary/aromatic N) is 4. The number of thiazole rings is 1. The maximum atomic E-state index is 12.6. The van der Waals surface area contributed by atoms with E-state index < -0.39 is 0 Å². The number of aromatic nitrogens is 4. The van der Waals surface area contributed by atoms with Crippen molar-refractivity contribution in [3.05, 3.63) is 27.5 Å². The van der Waals surface area contributed by atoms with E-state index in [1.165, 1.54) is 0 Å². The van der Waals surface area contributed by atoms with Crippen LogP contribution in [0.4, 0.5) is 0 Å². The van der Waals surface area contributed by atoms with Gasteiger partial charge in [-0.05, 0) is 46.2 Å². The third-order valence-electron chi connectivity index (χ3n) is 4.46. The predicted octanol–water partition coefficient (Wildman–Crippen LogP) is 2.86. The number of amides is 1. The second kappa shape index (κ2) is 10.2. The average molecular weight is 421 g/mol. The monoisotopic (exact) mass is 420 g/mol. The summed E-state index contributed by atoms with van der Waals surface area (Å²) in [5.41, 5.74) is 2.14. The quantitative estimate of drug-likeness (QED) is 0.776. The van der Waals surface area contributed by atoms with Gasteiger partial charge in [0.25, 0.3) is 5.91 Å². The van der Waals surface area contributed by atoms with Crippen LogP contribution in [0.1, 0.15) is 65.7 Å². The van der Waals surface area contributed by atoms with E-state index in [-0.39, 0.29) is 36.8 Å². The highest BCUT2D eigenvalue weighted by molar-refractivity contribution is 7.09. The molecule has 2 aromatic heterocycles. The molecule has 146 valence electrons. The summed E-state index contributed by atoms with van der Waals surface area (Å²) in [6.07, 6.45) is 2.94. The van der Waals surface area contributed by atoms with Crippen LogP contribution in [0, 0.1) is 6.92 Å². The van der Waals surface area contributed by atoms with Crippen LogP contribution in [0.2, 0.25) is 0 Å². The Morgan fingerprint density at radius 2 is 2.12 bits per heavy atom. The molecule has 3 heterocycles. The molecule has 0 radical (unpaired) electrons. The number of piperidine rings is 1. The first kappa shape index (κ1) is 22.8. The van der Waals surface area contributed by atoms with E-state index in [2.05, 4.69) is 32.9 Å². The number of carbonyl (C=O) groups excluding carboxylic acids is 1. The molecule has 0 spiro atoms. The Morgan fingerprint density at radius 3 is 2.73 bits per heavy atom. The maximum Gasteiger partial charge on any atom is 0.274 e. The molecule has 0 saturated carbocycles. The van der Waals surface area contributed by atoms with Gasteiger partial charge in [0, 0.05) is 5.38 Å². The molecule has 0 aromatic carbocycles. The summed E-state index contributed by atoms with van der Waals surface area (Å²) in [5.74, 6) is -0.189. The lowest BCUT2D eigenvalue weighted by atomic mass is 10.1. The fourth-order valence-electron chi connectivity index (χ4n) is 2.97. The Bertz CT molecular complexity index is 713. The van der Waals surface area contributed by atoms with Crippen molar-refractivity contribution in [1.29, 1.82) is 0 Å². The zero-order valence-electron chi connectivity index (χ0n) is 15.2. The number of nitrogens with one attached hydrogen (secondary N) is 2. The molecule has 1 aliphatic heterocycles. The summed E-state index contributed by atoms with van der Waals surface area (Å²) < 4.78 is 1.90. The average Bonchev–Trinajstić information content (AvgIpc) is 3.22. The molecule has 10 heteroatoms. The molecule has 1 unspecified atom stereocenters. The minimum atomic E-state index is -0.189. The molecule has 1 aliphatic rings. The molecule has 0 aliphatic carbocycles. The molecule has 3 rings (SSSR count). The lowest BCUT2D eigenvalue weighted by molar-refractivity contribution is 0.0933. The van der Waals surface area contributed by atoms with E-state index in [1.54, 1.807) is 11.3 Å². The molecule has 1 fully saturated rings. The first-order valence-electron chi connectivity index (χ1n) is 8.47. The summed E-state index contributed by atoms with van der Waals surface area (Å²) in [4.78, 5) is 17.1. The Hall–Kier alpha value is -1.22. The second-order valence-corrected chi connectivity index (χ2v) is 7.11. The normalized spacial score (nSPS) is 15.7. The molecule has 1 amide bonds. The van der Waals surface area contributed by atoms with Crippen molar-refractivity contribution in [2.75, 3.05) is 13.1 Å². The lowest BCUT2D eigenvalue weighted by Gasteiger charge is -2.23. The van der Waals surface area contributed by atoms with Crippen molar-refractivity contribution in [3.63, 3.8) is 0 Å². The van der Waals surface area contributed by atoms with Crippen LogP contribution in [-0.2, 0) is 6.42 Å². The summed E-state index contributed by atoms with van der Waals surface area (Å²) in [6.45, 7) is 7.89. The van der Waals surface area contributed by atoms with Gasteiger partial charge >= 0.3 is 0 Å². The summed E-state index contributed by atoms with van der Waals surface area (Å²) in [5, 5.41) is 17.8. The summed E-state index contributed by atoms with van der Waals surface area (Å²) in [6, 6.07) is 0.181. The van der Waals surface area contributed by atoms with Gasteiger partial charge in [-0.3, -0.25) is 4.79 Å². The zero-order valence-corrected chi connectivity index (χ0v) is 17.6. The number of hydrogen-bond donors (Lipinski definition) is 2. The van der Waals surface area contributed by atoms with Crippen LogP contribution in [0.3, 0.4) is 0 Å². The standard InChI is InChI=1S/C16H24N6OS.2ClH/c1-4-14-19-13(9-24-14)10(2)18-16(23)15-11(3)22(21-20-15)12-5-7-17-8-6-12;;/h9-10,12,17H,4-8H2,1-3H3,(H,18,23);2*1H. The number of carbonyl (C=O) groups is 1. The van der Waals surface area contributed by atoms with Gasteiger partial charge in [0.2, 0.25) is 0 Å². The number of hydrogen-bond acceptors (Lipinski definition) is 6. The minimum Gasteiger partial charge on any atom is -0.342 e. The van der Waals surface area contributed by atoms with Gasteiger partial charge in [0.1, 0.15) is 0 Å². The summed E-state index contributed by atoms with van der Waals surface area (Å²) >= 11 is 1.63. The van der Waals surface area contributed by atoms with Crippen molar-refractivity contribution in [2.24, 2.45) is 0 Å². The molecular weight excluding hydrogens is 395 g/mol. The SMILES string of the molecule is CCc1nc(C(C)NC(=O)c2nnn(C3CCNCC3)c2C)cs1.Cl.Cl. The topological polar surface area (TPSA) is 84.7 Å². The first-order chi connectivity index (χ1) is 11.6. The van der Waals surface area contributed by atoms with Crippen molar-refractivity contribution in [3.8, 4) is 0 Å². The van der Waals surface area contributed by atoms with Gasteiger partial charge in [-0.15, -0.1) is 41.2 Å². The van der Waals surface area contributed by atoms with Crippen molar-refractivity contribution >= 4 is 42.1 Å². The van der Waals surface area contributed by atoms with E-state index in [1.807, 2.05) is 23.9 Å². The Kier molecular flexibility index (Phi) is 8.95. The molecule has 2 aromatic rings. The Labute approximate surface area is 170 Å². The molecule has 1 saturated heterocycles. The molecule has 1 atom stereocenters. The van der Waals surface area contributed by atoms with E-state index in [4.69, 9.17) is 0 Å². The molecule has 0 bridgehead atoms. The van der Waals surface area contributed by atoms with Crippen molar-refractivity contribution < 1.29 is 4.79 Å². The first-order valence-corrected chi connectivity index (χ1v) is 9.35. The van der Waals surface area contributed by atoms with Crippen molar-refractivity contribution in [2.45, 2.75) is 52.1 Å². The Morgan fingerprint density at radius 1 is 1.42 bits per heavy atom. The highest BCUT2D eigenvalue weighted by atomic mass is 35.5. The third kappa shape index (κ3) is 4.94. The van der Waals surface area contributed by atoms with Crippen LogP contribution in [0.5, 0.6) is 0 Å². The van der Waals surface area contributed by atoms with E-state index in [0.717, 1.165) is 48.7 Å². The van der Waals surface area contributed by atoms with Crippen LogP contribution in [0.15, 0.2) is 5.38 Å². The van der Waals surface area contributed by atoms with E-state index in [9.17, 15) is 4.79 Å². The Balaban J connectivity index is 0.00000169. The van der Waals surface area contributed by atoms with Crippen LogP contribution in [0.25, 0.3) is 0 Å². The largest absolute Gasteiger partial charge is 0.342 e. The molecule has 7 nitrogen and oxygen atoms in total. The zero-order chi connectivity index (χ0) is 17.1. The van der Waals surface area contributed by atoms with Gasteiger partial charge in [0.15, 0.2) is 5.69 Å². The molecular formula is C16H26Cl2N6OS. The second-order valence-electron chi connectivity index (χ2n) is 6.16. The van der Waals surface area contributed by atoms with Crippen LogP contribution >= 0.6 is 36.2 Å². The third-order valence-corrected chi connectivity index (χ3v) is 5.47. The highest BCUT2D eigenvalue weighted by Gasteiger charge is 2.24. The minimum absolute atomic E-state index is 0. The van der Waals surface area contributed by atoms with Gasteiger partial charge < -0.3 is 10.6 Å². The maximum absolute atomic E-state index is 12.6. The summed E-state index contributed by atoms with van der Waals surface area (Å²) in [7, 11) is 0. The molecule has 2 N–H and O–H groups in total.